The van der Waals surface area contributed by atoms with Crippen LogP contribution in [-0.4, -0.2) is 21.9 Å². The minimum absolute atomic E-state index is 0.167. The van der Waals surface area contributed by atoms with Crippen LogP contribution in [0.4, 0.5) is 5.95 Å². The lowest BCUT2D eigenvalue weighted by Crippen LogP contribution is -2.28. The standard InChI is InChI=1S/C19H20N4O/c1-13-6-8-14(9-7-13)18-11-17(22-19-20-12-21-23(18)19)15-4-3-5-16(10-15)24-2/h3-10,12,17-18H,11H2,1-2H3,(H,20,21,22)/t17-,18+/m1/s1. The van der Waals surface area contributed by atoms with Crippen LogP contribution in [0.2, 0.25) is 0 Å². The summed E-state index contributed by atoms with van der Waals surface area (Å²) < 4.78 is 7.34. The van der Waals surface area contributed by atoms with Crippen LogP contribution in [0.15, 0.2) is 54.9 Å². The Bertz CT molecular complexity index is 841. The Morgan fingerprint density at radius 3 is 2.75 bits per heavy atom. The van der Waals surface area contributed by atoms with Crippen molar-refractivity contribution in [2.45, 2.75) is 25.4 Å². The molecule has 0 aliphatic carbocycles. The Labute approximate surface area is 141 Å². The molecular weight excluding hydrogens is 300 g/mol. The number of benzene rings is 2. The predicted octanol–water partition coefficient (Wildman–Crippen LogP) is 3.74. The molecule has 0 spiro atoms. The molecule has 1 aliphatic rings. The van der Waals surface area contributed by atoms with Crippen LogP contribution in [-0.2, 0) is 0 Å². The van der Waals surface area contributed by atoms with Crippen molar-refractivity contribution < 1.29 is 4.74 Å². The van der Waals surface area contributed by atoms with Crippen molar-refractivity contribution in [1.29, 1.82) is 0 Å². The number of aryl methyl sites for hydroxylation is 1. The number of nitrogens with one attached hydrogen (secondary N) is 1. The van der Waals surface area contributed by atoms with Crippen LogP contribution in [0.5, 0.6) is 5.75 Å². The Morgan fingerprint density at radius 1 is 1.12 bits per heavy atom. The molecule has 4 rings (SSSR count). The highest BCUT2D eigenvalue weighted by atomic mass is 16.5. The molecule has 2 aromatic carbocycles. The summed E-state index contributed by atoms with van der Waals surface area (Å²) in [7, 11) is 1.69. The van der Waals surface area contributed by atoms with Gasteiger partial charge in [-0.05, 0) is 36.6 Å². The third-order valence-corrected chi connectivity index (χ3v) is 4.59. The molecule has 1 aliphatic heterocycles. The summed E-state index contributed by atoms with van der Waals surface area (Å²) in [5.41, 5.74) is 3.71. The molecule has 0 fully saturated rings. The van der Waals surface area contributed by atoms with Gasteiger partial charge in [-0.2, -0.15) is 10.1 Å². The van der Waals surface area contributed by atoms with Crippen molar-refractivity contribution >= 4 is 5.95 Å². The predicted molar refractivity (Wildman–Crippen MR) is 93.3 cm³/mol. The lowest BCUT2D eigenvalue weighted by atomic mass is 9.93. The van der Waals surface area contributed by atoms with Gasteiger partial charge in [0.15, 0.2) is 0 Å². The first-order chi connectivity index (χ1) is 11.7. The highest BCUT2D eigenvalue weighted by molar-refractivity contribution is 5.40. The van der Waals surface area contributed by atoms with E-state index in [1.807, 2.05) is 16.8 Å². The van der Waals surface area contributed by atoms with Gasteiger partial charge in [0.25, 0.3) is 0 Å². The SMILES string of the molecule is COc1cccc([C@H]2C[C@@H](c3ccc(C)cc3)n3ncnc3N2)c1. The maximum atomic E-state index is 5.36. The summed E-state index contributed by atoms with van der Waals surface area (Å²) in [6, 6.07) is 17.2. The van der Waals surface area contributed by atoms with Crippen LogP contribution < -0.4 is 10.1 Å². The van der Waals surface area contributed by atoms with Gasteiger partial charge in [0.05, 0.1) is 19.2 Å². The summed E-state index contributed by atoms with van der Waals surface area (Å²) in [5, 5.41) is 7.91. The molecular formula is C19H20N4O. The fraction of sp³-hybridized carbons (Fsp3) is 0.263. The largest absolute Gasteiger partial charge is 0.497 e. The molecule has 1 N–H and O–H groups in total. The first-order valence-corrected chi connectivity index (χ1v) is 8.11. The smallest absolute Gasteiger partial charge is 0.222 e. The number of aromatic nitrogens is 3. The van der Waals surface area contributed by atoms with Crippen molar-refractivity contribution in [3.8, 4) is 5.75 Å². The summed E-state index contributed by atoms with van der Waals surface area (Å²) >= 11 is 0. The van der Waals surface area contributed by atoms with E-state index in [1.54, 1.807) is 13.4 Å². The molecule has 3 aromatic rings. The molecule has 24 heavy (non-hydrogen) atoms. The molecule has 0 unspecified atom stereocenters. The molecule has 2 atom stereocenters. The van der Waals surface area contributed by atoms with Crippen molar-refractivity contribution in [1.82, 2.24) is 14.8 Å². The lowest BCUT2D eigenvalue weighted by Gasteiger charge is -2.32. The van der Waals surface area contributed by atoms with Gasteiger partial charge in [0.1, 0.15) is 12.1 Å². The second-order valence-electron chi connectivity index (χ2n) is 6.16. The number of anilines is 1. The number of hydrogen-bond acceptors (Lipinski definition) is 4. The molecule has 2 heterocycles. The molecule has 0 radical (unpaired) electrons. The van der Waals surface area contributed by atoms with Gasteiger partial charge >= 0.3 is 0 Å². The van der Waals surface area contributed by atoms with Crippen molar-refractivity contribution in [3.05, 3.63) is 71.5 Å². The first-order valence-electron chi connectivity index (χ1n) is 8.11. The zero-order valence-corrected chi connectivity index (χ0v) is 13.8. The summed E-state index contributed by atoms with van der Waals surface area (Å²) in [6.07, 6.45) is 2.52. The number of methoxy groups -OCH3 is 1. The highest BCUT2D eigenvalue weighted by Gasteiger charge is 2.29. The quantitative estimate of drug-likeness (QED) is 0.799. The fourth-order valence-electron chi connectivity index (χ4n) is 3.26. The van der Waals surface area contributed by atoms with Gasteiger partial charge in [-0.1, -0.05) is 42.0 Å². The number of rotatable bonds is 3. The van der Waals surface area contributed by atoms with E-state index < -0.39 is 0 Å². The first kappa shape index (κ1) is 14.8. The topological polar surface area (TPSA) is 52.0 Å². The van der Waals surface area contributed by atoms with E-state index in [-0.39, 0.29) is 12.1 Å². The Kier molecular flexibility index (Phi) is 3.69. The van der Waals surface area contributed by atoms with E-state index in [4.69, 9.17) is 4.74 Å². The number of ether oxygens (including phenoxy) is 1. The van der Waals surface area contributed by atoms with Crippen LogP contribution in [0.25, 0.3) is 0 Å². The van der Waals surface area contributed by atoms with E-state index in [0.717, 1.165) is 18.1 Å². The van der Waals surface area contributed by atoms with E-state index in [0.29, 0.717) is 0 Å². The lowest BCUT2D eigenvalue weighted by molar-refractivity contribution is 0.410. The average Bonchev–Trinajstić information content (AvgIpc) is 3.10. The molecule has 0 amide bonds. The minimum Gasteiger partial charge on any atom is -0.497 e. The van der Waals surface area contributed by atoms with Gasteiger partial charge in [0.2, 0.25) is 5.95 Å². The fourth-order valence-corrected chi connectivity index (χ4v) is 3.26. The molecule has 5 heteroatoms. The molecule has 0 bridgehead atoms. The zero-order valence-electron chi connectivity index (χ0n) is 13.8. The van der Waals surface area contributed by atoms with Gasteiger partial charge in [-0.15, -0.1) is 0 Å². The Morgan fingerprint density at radius 2 is 1.96 bits per heavy atom. The van der Waals surface area contributed by atoms with Crippen molar-refractivity contribution in [2.75, 3.05) is 12.4 Å². The number of hydrogen-bond donors (Lipinski definition) is 1. The van der Waals surface area contributed by atoms with Gasteiger partial charge in [-0.25, -0.2) is 4.68 Å². The molecule has 5 nitrogen and oxygen atoms in total. The maximum Gasteiger partial charge on any atom is 0.222 e. The third kappa shape index (κ3) is 2.62. The highest BCUT2D eigenvalue weighted by Crippen LogP contribution is 2.37. The second kappa shape index (κ2) is 6.00. The summed E-state index contributed by atoms with van der Waals surface area (Å²) in [6.45, 7) is 2.10. The number of nitrogens with zero attached hydrogens (tertiary/aromatic N) is 3. The molecule has 0 saturated heterocycles. The van der Waals surface area contributed by atoms with Crippen LogP contribution in [0.3, 0.4) is 0 Å². The third-order valence-electron chi connectivity index (χ3n) is 4.59. The van der Waals surface area contributed by atoms with Crippen LogP contribution >= 0.6 is 0 Å². The molecule has 0 saturated carbocycles. The summed E-state index contributed by atoms with van der Waals surface area (Å²) in [4.78, 5) is 4.38. The van der Waals surface area contributed by atoms with Gasteiger partial charge in [0, 0.05) is 0 Å². The van der Waals surface area contributed by atoms with Crippen LogP contribution in [0.1, 0.15) is 35.2 Å². The van der Waals surface area contributed by atoms with E-state index in [1.165, 1.54) is 16.7 Å². The van der Waals surface area contributed by atoms with E-state index >= 15 is 0 Å². The van der Waals surface area contributed by atoms with Crippen molar-refractivity contribution in [3.63, 3.8) is 0 Å². The summed E-state index contributed by atoms with van der Waals surface area (Å²) in [5.74, 6) is 1.67. The monoisotopic (exact) mass is 320 g/mol. The van der Waals surface area contributed by atoms with Gasteiger partial charge in [-0.3, -0.25) is 0 Å². The average molecular weight is 320 g/mol. The number of fused-ring (bicyclic) bond motifs is 1. The van der Waals surface area contributed by atoms with Crippen LogP contribution in [0, 0.1) is 6.92 Å². The second-order valence-corrected chi connectivity index (χ2v) is 6.16. The minimum atomic E-state index is 0.167. The van der Waals surface area contributed by atoms with E-state index in [9.17, 15) is 0 Å². The van der Waals surface area contributed by atoms with E-state index in [2.05, 4.69) is 58.7 Å². The zero-order chi connectivity index (χ0) is 16.5. The van der Waals surface area contributed by atoms with Gasteiger partial charge < -0.3 is 10.1 Å². The maximum absolute atomic E-state index is 5.36. The normalized spacial score (nSPS) is 19.4. The van der Waals surface area contributed by atoms with Crippen molar-refractivity contribution in [2.24, 2.45) is 0 Å². The Hall–Kier alpha value is -2.82. The molecule has 1 aromatic heterocycles. The Balaban J connectivity index is 1.71. The molecule has 122 valence electrons.